The smallest absolute Gasteiger partial charge is 0.227 e. The van der Waals surface area contributed by atoms with Crippen molar-refractivity contribution >= 4 is 34.9 Å². The fraction of sp³-hybridized carbons (Fsp3) is 0.226. The molecule has 0 atom stereocenters. The number of nitrogens with one attached hydrogen (secondary N) is 1. The van der Waals surface area contributed by atoms with E-state index in [9.17, 15) is 13.6 Å². The Bertz CT molecular complexity index is 1630. The van der Waals surface area contributed by atoms with E-state index in [0.717, 1.165) is 37.4 Å². The molecule has 2 aliphatic heterocycles. The van der Waals surface area contributed by atoms with Gasteiger partial charge < -0.3 is 15.1 Å². The Balaban J connectivity index is 1.24. The molecule has 6 rings (SSSR count). The van der Waals surface area contributed by atoms with Gasteiger partial charge >= 0.3 is 0 Å². The molecule has 0 unspecified atom stereocenters. The predicted molar refractivity (Wildman–Crippen MR) is 156 cm³/mol. The summed E-state index contributed by atoms with van der Waals surface area (Å²) in [5, 5.41) is 3.63. The van der Waals surface area contributed by atoms with E-state index < -0.39 is 11.6 Å². The Hall–Kier alpha value is -4.21. The molecule has 7 nitrogen and oxygen atoms in total. The number of hydrogen-bond donors (Lipinski definition) is 1. The number of carbonyl (C=O) groups is 1. The van der Waals surface area contributed by atoms with Crippen LogP contribution in [0.15, 0.2) is 71.9 Å². The minimum absolute atomic E-state index is 0.128. The summed E-state index contributed by atoms with van der Waals surface area (Å²) in [6, 6.07) is 16.5. The van der Waals surface area contributed by atoms with Crippen LogP contribution in [0.2, 0.25) is 5.02 Å². The van der Waals surface area contributed by atoms with Crippen molar-refractivity contribution in [2.24, 2.45) is 4.99 Å². The van der Waals surface area contributed by atoms with Crippen molar-refractivity contribution in [3.8, 4) is 11.3 Å². The average Bonchev–Trinajstić information content (AvgIpc) is 3.11. The van der Waals surface area contributed by atoms with E-state index in [1.807, 2.05) is 29.2 Å². The summed E-state index contributed by atoms with van der Waals surface area (Å²) in [4.78, 5) is 30.6. The molecule has 1 saturated heterocycles. The predicted octanol–water partition coefficient (Wildman–Crippen LogP) is 5.49. The summed E-state index contributed by atoms with van der Waals surface area (Å²) in [5.41, 5.74) is 4.09. The first kappa shape index (κ1) is 27.0. The summed E-state index contributed by atoms with van der Waals surface area (Å²) in [5.74, 6) is -0.930. The third-order valence-corrected chi connectivity index (χ3v) is 7.62. The van der Waals surface area contributed by atoms with Gasteiger partial charge in [0, 0.05) is 59.8 Å². The van der Waals surface area contributed by atoms with Crippen LogP contribution in [0.4, 0.5) is 20.4 Å². The van der Waals surface area contributed by atoms with Gasteiger partial charge in [-0.3, -0.25) is 9.79 Å². The molecule has 0 bridgehead atoms. The van der Waals surface area contributed by atoms with Gasteiger partial charge in [0.25, 0.3) is 0 Å². The van der Waals surface area contributed by atoms with Crippen LogP contribution in [-0.4, -0.2) is 64.6 Å². The monoisotopic (exact) mass is 572 g/mol. The number of aromatic nitrogens is 2. The van der Waals surface area contributed by atoms with Crippen LogP contribution in [0, 0.1) is 11.6 Å². The second kappa shape index (κ2) is 11.3. The molecule has 41 heavy (non-hydrogen) atoms. The van der Waals surface area contributed by atoms with Crippen LogP contribution in [0.1, 0.15) is 22.3 Å². The molecule has 3 heterocycles. The van der Waals surface area contributed by atoms with E-state index in [0.29, 0.717) is 39.8 Å². The molecule has 1 N–H and O–H groups in total. The molecule has 10 heteroatoms. The number of likely N-dealkylation sites (N-methyl/N-ethyl adjacent to an activating group) is 1. The number of carbonyl (C=O) groups excluding carboxylic acids is 1. The number of anilines is 2. The lowest BCUT2D eigenvalue weighted by atomic mass is 9.95. The Kier molecular flexibility index (Phi) is 7.47. The van der Waals surface area contributed by atoms with Gasteiger partial charge in [-0.2, -0.15) is 0 Å². The molecule has 1 aromatic heterocycles. The second-order valence-corrected chi connectivity index (χ2v) is 10.6. The first-order chi connectivity index (χ1) is 19.9. The average molecular weight is 573 g/mol. The molecular formula is C31H27ClF2N6O. The lowest BCUT2D eigenvalue weighted by Crippen LogP contribution is -2.47. The minimum atomic E-state index is -0.706. The fourth-order valence-electron chi connectivity index (χ4n) is 5.10. The zero-order valence-electron chi connectivity index (χ0n) is 22.4. The Labute approximate surface area is 241 Å². The van der Waals surface area contributed by atoms with Crippen molar-refractivity contribution < 1.29 is 13.6 Å². The quantitative estimate of drug-likeness (QED) is 0.342. The van der Waals surface area contributed by atoms with Crippen LogP contribution in [0.3, 0.4) is 0 Å². The number of hydrogen-bond acceptors (Lipinski definition) is 6. The summed E-state index contributed by atoms with van der Waals surface area (Å²) < 4.78 is 29.6. The van der Waals surface area contributed by atoms with Crippen LogP contribution < -0.4 is 5.32 Å². The summed E-state index contributed by atoms with van der Waals surface area (Å²) in [6.07, 6.45) is 2.01. The topological polar surface area (TPSA) is 73.7 Å². The second-order valence-electron chi connectivity index (χ2n) is 10.2. The normalized spacial score (nSPS) is 15.0. The van der Waals surface area contributed by atoms with Gasteiger partial charge in [0.05, 0.1) is 29.9 Å². The van der Waals surface area contributed by atoms with Crippen LogP contribution in [0.5, 0.6) is 0 Å². The highest BCUT2D eigenvalue weighted by Crippen LogP contribution is 2.34. The van der Waals surface area contributed by atoms with Gasteiger partial charge in [-0.1, -0.05) is 35.9 Å². The number of piperazine rings is 1. The van der Waals surface area contributed by atoms with Crippen molar-refractivity contribution in [2.45, 2.75) is 13.0 Å². The summed E-state index contributed by atoms with van der Waals surface area (Å²) in [7, 11) is 2.06. The lowest BCUT2D eigenvalue weighted by Gasteiger charge is -2.32. The minimum Gasteiger partial charge on any atom is -0.340 e. The van der Waals surface area contributed by atoms with E-state index in [4.69, 9.17) is 16.6 Å². The van der Waals surface area contributed by atoms with E-state index in [2.05, 4.69) is 27.2 Å². The Morgan fingerprint density at radius 1 is 0.976 bits per heavy atom. The lowest BCUT2D eigenvalue weighted by molar-refractivity contribution is -0.132. The van der Waals surface area contributed by atoms with Gasteiger partial charge in [-0.15, -0.1) is 0 Å². The molecule has 4 aromatic rings. The largest absolute Gasteiger partial charge is 0.340 e. The molecule has 2 aliphatic rings. The third kappa shape index (κ3) is 5.68. The van der Waals surface area contributed by atoms with E-state index in [-0.39, 0.29) is 23.7 Å². The standard InChI is InChI=1S/C31H27ClF2N6O/c1-39-11-13-40(14-12-39)27(41)15-19-5-8-22(9-6-19)37-31-36-18-20-17-35-30(28-25(33)3-2-4-26(28)34)24-16-21(32)7-10-23(24)29(20)38-31/h2-10,16,18H,11-15,17H2,1H3,(H,36,37,38). The first-order valence-electron chi connectivity index (χ1n) is 13.3. The van der Waals surface area contributed by atoms with Crippen LogP contribution >= 0.6 is 11.6 Å². The number of aliphatic imine (C=N–C) groups is 1. The number of rotatable bonds is 5. The van der Waals surface area contributed by atoms with Crippen molar-refractivity contribution in [1.82, 2.24) is 19.8 Å². The van der Waals surface area contributed by atoms with E-state index >= 15 is 0 Å². The molecule has 3 aromatic carbocycles. The van der Waals surface area contributed by atoms with E-state index in [1.54, 1.807) is 24.4 Å². The molecule has 1 amide bonds. The SMILES string of the molecule is CN1CCN(C(=O)Cc2ccc(Nc3ncc4c(n3)-c3ccc(Cl)cc3C(c3c(F)cccc3F)=NC4)cc2)CC1. The van der Waals surface area contributed by atoms with Gasteiger partial charge in [-0.25, -0.2) is 18.7 Å². The summed E-state index contributed by atoms with van der Waals surface area (Å²) in [6.45, 7) is 3.42. The molecule has 0 aliphatic carbocycles. The van der Waals surface area contributed by atoms with Crippen molar-refractivity contribution in [2.75, 3.05) is 38.5 Å². The number of amides is 1. The van der Waals surface area contributed by atoms with Crippen LogP contribution in [0.25, 0.3) is 11.3 Å². The van der Waals surface area contributed by atoms with Crippen molar-refractivity contribution in [3.63, 3.8) is 0 Å². The maximum Gasteiger partial charge on any atom is 0.227 e. The van der Waals surface area contributed by atoms with Gasteiger partial charge in [-0.05, 0) is 49.0 Å². The molecule has 208 valence electrons. The number of fused-ring (bicyclic) bond motifs is 3. The Morgan fingerprint density at radius 3 is 2.44 bits per heavy atom. The third-order valence-electron chi connectivity index (χ3n) is 7.38. The van der Waals surface area contributed by atoms with E-state index in [1.165, 1.54) is 18.2 Å². The molecule has 0 spiro atoms. The summed E-state index contributed by atoms with van der Waals surface area (Å²) >= 11 is 6.31. The molecular weight excluding hydrogens is 546 g/mol. The first-order valence-corrected chi connectivity index (χ1v) is 13.7. The van der Waals surface area contributed by atoms with Crippen molar-refractivity contribution in [1.29, 1.82) is 0 Å². The highest BCUT2D eigenvalue weighted by Gasteiger charge is 2.25. The number of halogens is 3. The molecule has 1 fully saturated rings. The highest BCUT2D eigenvalue weighted by molar-refractivity contribution is 6.31. The van der Waals surface area contributed by atoms with Gasteiger partial charge in [0.2, 0.25) is 11.9 Å². The maximum absolute atomic E-state index is 14.8. The zero-order chi connectivity index (χ0) is 28.5. The van der Waals surface area contributed by atoms with Gasteiger partial charge in [0.15, 0.2) is 0 Å². The molecule has 0 radical (unpaired) electrons. The van der Waals surface area contributed by atoms with Gasteiger partial charge in [0.1, 0.15) is 11.6 Å². The Morgan fingerprint density at radius 2 is 1.71 bits per heavy atom. The zero-order valence-corrected chi connectivity index (χ0v) is 23.1. The van der Waals surface area contributed by atoms with Crippen LogP contribution in [-0.2, 0) is 17.8 Å². The number of nitrogens with zero attached hydrogens (tertiary/aromatic N) is 5. The molecule has 0 saturated carbocycles. The number of benzene rings is 3. The fourth-order valence-corrected chi connectivity index (χ4v) is 5.27. The van der Waals surface area contributed by atoms with Crippen molar-refractivity contribution in [3.05, 3.63) is 106 Å². The maximum atomic E-state index is 14.8. The highest BCUT2D eigenvalue weighted by atomic mass is 35.5.